The molecular weight excluding hydrogens is 346 g/mol. The number of aliphatic carboxylic acids is 1. The van der Waals surface area contributed by atoms with Gasteiger partial charge in [0.2, 0.25) is 0 Å². The summed E-state index contributed by atoms with van der Waals surface area (Å²) in [6.07, 6.45) is -1.35. The van der Waals surface area contributed by atoms with Crippen molar-refractivity contribution in [3.05, 3.63) is 0 Å². The summed E-state index contributed by atoms with van der Waals surface area (Å²) in [7, 11) is 0. The Bertz CT molecular complexity index is 487. The Morgan fingerprint density at radius 3 is 1.42 bits per heavy atom. The predicted octanol–water partition coefficient (Wildman–Crippen LogP) is 0.949. The molecule has 0 aromatic rings. The van der Waals surface area contributed by atoms with Gasteiger partial charge < -0.3 is 30.1 Å². The second kappa shape index (κ2) is 9.83. The molecule has 26 heavy (non-hydrogen) atoms. The minimum Gasteiger partial charge on any atom is -0.474 e. The zero-order valence-corrected chi connectivity index (χ0v) is 16.2. The number of nitrogens with one attached hydrogen (secondary N) is 2. The van der Waals surface area contributed by atoms with E-state index < -0.39 is 35.3 Å². The highest BCUT2D eigenvalue weighted by atomic mass is 16.6. The summed E-state index contributed by atoms with van der Waals surface area (Å²) in [6, 6.07) is 0. The Kier molecular flexibility index (Phi) is 8.88. The van der Waals surface area contributed by atoms with E-state index in [0.29, 0.717) is 0 Å². The Morgan fingerprint density at radius 1 is 0.808 bits per heavy atom. The van der Waals surface area contributed by atoms with Crippen molar-refractivity contribution < 1.29 is 33.8 Å². The fourth-order valence-electron chi connectivity index (χ4n) is 1.66. The molecule has 0 aromatic carbocycles. The monoisotopic (exact) mass is 375 g/mol. The van der Waals surface area contributed by atoms with Gasteiger partial charge in [0, 0.05) is 26.2 Å². The van der Waals surface area contributed by atoms with Crippen LogP contribution in [0.15, 0.2) is 0 Å². The molecule has 0 rings (SSSR count). The molecule has 3 N–H and O–H groups in total. The van der Waals surface area contributed by atoms with Crippen molar-refractivity contribution in [3.8, 4) is 0 Å². The van der Waals surface area contributed by atoms with Gasteiger partial charge in [0.1, 0.15) is 11.2 Å². The number of hydrogen-bond acceptors (Lipinski definition) is 6. The van der Waals surface area contributed by atoms with Gasteiger partial charge in [0.05, 0.1) is 0 Å². The van der Waals surface area contributed by atoms with E-state index in [1.807, 2.05) is 0 Å². The first kappa shape index (κ1) is 23.5. The summed E-state index contributed by atoms with van der Waals surface area (Å²) in [5, 5.41) is 13.7. The van der Waals surface area contributed by atoms with Gasteiger partial charge in [-0.3, -0.25) is 4.79 Å². The average molecular weight is 375 g/mol. The lowest BCUT2D eigenvalue weighted by molar-refractivity contribution is -0.155. The molecule has 0 saturated carbocycles. The Balaban J connectivity index is 4.46. The molecule has 0 saturated heterocycles. The SMILES string of the molecule is CC(C)(C)OC(=O)NCCN(CCNC(=O)OC(C)(C)C)C(=O)C(=O)O. The molecule has 0 heterocycles. The van der Waals surface area contributed by atoms with E-state index in [4.69, 9.17) is 14.6 Å². The number of rotatable bonds is 6. The van der Waals surface area contributed by atoms with Gasteiger partial charge >= 0.3 is 24.1 Å². The van der Waals surface area contributed by atoms with Crippen molar-refractivity contribution in [1.82, 2.24) is 15.5 Å². The maximum absolute atomic E-state index is 11.7. The number of carboxylic acid groups (broad SMARTS) is 1. The van der Waals surface area contributed by atoms with E-state index in [1.165, 1.54) is 0 Å². The summed E-state index contributed by atoms with van der Waals surface area (Å²) < 4.78 is 10.1. The van der Waals surface area contributed by atoms with Gasteiger partial charge in [-0.2, -0.15) is 0 Å². The molecule has 0 aliphatic carbocycles. The summed E-state index contributed by atoms with van der Waals surface area (Å²) in [5.74, 6) is -2.76. The highest BCUT2D eigenvalue weighted by Crippen LogP contribution is 2.07. The molecule has 0 aliphatic heterocycles. The third kappa shape index (κ3) is 11.9. The Morgan fingerprint density at radius 2 is 1.15 bits per heavy atom. The fourth-order valence-corrected chi connectivity index (χ4v) is 1.66. The average Bonchev–Trinajstić information content (AvgIpc) is 2.40. The maximum Gasteiger partial charge on any atom is 0.407 e. The maximum atomic E-state index is 11.7. The highest BCUT2D eigenvalue weighted by Gasteiger charge is 2.22. The number of hydrogen-bond donors (Lipinski definition) is 3. The molecule has 0 unspecified atom stereocenters. The lowest BCUT2D eigenvalue weighted by Gasteiger charge is -2.23. The first-order valence-electron chi connectivity index (χ1n) is 8.17. The standard InChI is InChI=1S/C16H29N3O7/c1-15(2,3)25-13(23)17-7-9-19(11(20)12(21)22)10-8-18-14(24)26-16(4,5)6/h7-10H2,1-6H3,(H,17,23)(H,18,24)(H,21,22). The molecule has 10 nitrogen and oxygen atoms in total. The van der Waals surface area contributed by atoms with Crippen molar-refractivity contribution in [3.63, 3.8) is 0 Å². The van der Waals surface area contributed by atoms with Crippen LogP contribution in [0.25, 0.3) is 0 Å². The molecule has 0 bridgehead atoms. The van der Waals surface area contributed by atoms with Crippen LogP contribution in [0.2, 0.25) is 0 Å². The number of amides is 3. The van der Waals surface area contributed by atoms with E-state index >= 15 is 0 Å². The number of ether oxygens (including phenoxy) is 2. The Labute approximate surface area is 153 Å². The predicted molar refractivity (Wildman–Crippen MR) is 92.7 cm³/mol. The van der Waals surface area contributed by atoms with Crippen LogP contribution in [0, 0.1) is 0 Å². The van der Waals surface area contributed by atoms with Crippen molar-refractivity contribution in [2.75, 3.05) is 26.2 Å². The minimum absolute atomic E-state index is 0.000368. The van der Waals surface area contributed by atoms with E-state index in [1.54, 1.807) is 41.5 Å². The van der Waals surface area contributed by atoms with E-state index in [0.717, 1.165) is 4.90 Å². The fraction of sp³-hybridized carbons (Fsp3) is 0.750. The smallest absolute Gasteiger partial charge is 0.407 e. The summed E-state index contributed by atoms with van der Waals surface area (Å²) in [4.78, 5) is 46.7. The van der Waals surface area contributed by atoms with Gasteiger partial charge in [0.25, 0.3) is 0 Å². The van der Waals surface area contributed by atoms with Crippen LogP contribution < -0.4 is 10.6 Å². The molecule has 0 fully saturated rings. The normalized spacial score (nSPS) is 11.3. The molecule has 0 spiro atoms. The van der Waals surface area contributed by atoms with Crippen LogP contribution in [-0.4, -0.2) is 71.5 Å². The van der Waals surface area contributed by atoms with Crippen LogP contribution in [-0.2, 0) is 19.1 Å². The lowest BCUT2D eigenvalue weighted by atomic mass is 10.2. The first-order chi connectivity index (χ1) is 11.7. The second-order valence-electron chi connectivity index (χ2n) is 7.45. The Hall–Kier alpha value is -2.52. The van der Waals surface area contributed by atoms with Crippen molar-refractivity contribution in [1.29, 1.82) is 0 Å². The number of carbonyl (C=O) groups excluding carboxylic acids is 3. The van der Waals surface area contributed by atoms with Crippen LogP contribution >= 0.6 is 0 Å². The van der Waals surface area contributed by atoms with Crippen LogP contribution in [0.3, 0.4) is 0 Å². The topological polar surface area (TPSA) is 134 Å². The minimum atomic E-state index is -1.63. The van der Waals surface area contributed by atoms with Crippen LogP contribution in [0.1, 0.15) is 41.5 Å². The zero-order chi connectivity index (χ0) is 20.5. The largest absolute Gasteiger partial charge is 0.474 e. The third-order valence-electron chi connectivity index (χ3n) is 2.57. The van der Waals surface area contributed by atoms with Gasteiger partial charge in [-0.05, 0) is 41.5 Å². The molecule has 0 atom stereocenters. The van der Waals surface area contributed by atoms with Crippen molar-refractivity contribution in [2.24, 2.45) is 0 Å². The van der Waals surface area contributed by atoms with Crippen LogP contribution in [0.5, 0.6) is 0 Å². The van der Waals surface area contributed by atoms with Gasteiger partial charge in [0.15, 0.2) is 0 Å². The van der Waals surface area contributed by atoms with E-state index in [-0.39, 0.29) is 26.2 Å². The summed E-state index contributed by atoms with van der Waals surface area (Å²) in [6.45, 7) is 10.1. The van der Waals surface area contributed by atoms with Crippen molar-refractivity contribution >= 4 is 24.1 Å². The molecule has 10 heteroatoms. The van der Waals surface area contributed by atoms with E-state index in [9.17, 15) is 19.2 Å². The van der Waals surface area contributed by atoms with Gasteiger partial charge in [-0.1, -0.05) is 0 Å². The first-order valence-corrected chi connectivity index (χ1v) is 8.17. The number of alkyl carbamates (subject to hydrolysis) is 2. The zero-order valence-electron chi connectivity index (χ0n) is 16.2. The summed E-state index contributed by atoms with van der Waals surface area (Å²) in [5.41, 5.74) is -1.34. The number of carboxylic acids is 1. The number of nitrogens with zero attached hydrogens (tertiary/aromatic N) is 1. The van der Waals surface area contributed by atoms with Crippen molar-refractivity contribution in [2.45, 2.75) is 52.7 Å². The van der Waals surface area contributed by atoms with Gasteiger partial charge in [-0.15, -0.1) is 0 Å². The van der Waals surface area contributed by atoms with Gasteiger partial charge in [-0.25, -0.2) is 14.4 Å². The molecule has 0 aliphatic rings. The molecular formula is C16H29N3O7. The van der Waals surface area contributed by atoms with E-state index in [2.05, 4.69) is 10.6 Å². The third-order valence-corrected chi connectivity index (χ3v) is 2.57. The molecule has 150 valence electrons. The van der Waals surface area contributed by atoms with Crippen LogP contribution in [0.4, 0.5) is 9.59 Å². The quantitative estimate of drug-likeness (QED) is 0.588. The highest BCUT2D eigenvalue weighted by molar-refractivity contribution is 6.31. The molecule has 3 amide bonds. The molecule has 0 aromatic heterocycles. The number of carbonyl (C=O) groups is 4. The molecule has 0 radical (unpaired) electrons. The summed E-state index contributed by atoms with van der Waals surface area (Å²) >= 11 is 0. The second-order valence-corrected chi connectivity index (χ2v) is 7.45. The lowest BCUT2D eigenvalue weighted by Crippen LogP contribution is -2.46.